The van der Waals surface area contributed by atoms with Gasteiger partial charge in [0.2, 0.25) is 0 Å². The van der Waals surface area contributed by atoms with Crippen molar-refractivity contribution in [1.82, 2.24) is 5.32 Å². The van der Waals surface area contributed by atoms with Crippen LogP contribution in [0.25, 0.3) is 0 Å². The first kappa shape index (κ1) is 15.0. The second-order valence-electron chi connectivity index (χ2n) is 4.22. The molecule has 6 heteroatoms. The van der Waals surface area contributed by atoms with E-state index in [9.17, 15) is 9.59 Å². The lowest BCUT2D eigenvalue weighted by Crippen LogP contribution is -2.38. The number of carbonyl (C=O) groups excluding carboxylic acids is 1. The highest BCUT2D eigenvalue weighted by Gasteiger charge is 2.14. The second kappa shape index (κ2) is 6.75. The van der Waals surface area contributed by atoms with Crippen LogP contribution in [0.5, 0.6) is 5.75 Å². The van der Waals surface area contributed by atoms with E-state index in [0.29, 0.717) is 5.75 Å². The number of carbonyl (C=O) groups is 2. The number of benzene rings is 1. The number of carboxylic acids is 1. The van der Waals surface area contributed by atoms with Gasteiger partial charge in [0.15, 0.2) is 12.7 Å². The molecule has 0 aliphatic heterocycles. The number of ether oxygens (including phenoxy) is 1. The molecule has 6 nitrogen and oxygen atoms in total. The third-order valence-electron chi connectivity index (χ3n) is 2.47. The number of aliphatic carboxylic acids is 1. The van der Waals surface area contributed by atoms with Crippen molar-refractivity contribution in [1.29, 1.82) is 0 Å². The summed E-state index contributed by atoms with van der Waals surface area (Å²) in [6.07, 6.45) is -1.61. The highest BCUT2D eigenvalue weighted by molar-refractivity contribution is 5.79. The fourth-order valence-corrected chi connectivity index (χ4v) is 1.45. The lowest BCUT2D eigenvalue weighted by Gasteiger charge is -2.11. The molecule has 0 unspecified atom stereocenters. The average molecular weight is 267 g/mol. The predicted octanol–water partition coefficient (Wildman–Crippen LogP) is 0.244. The first-order chi connectivity index (χ1) is 8.90. The minimum absolute atomic E-state index is 0.226. The molecule has 0 saturated carbocycles. The van der Waals surface area contributed by atoms with Gasteiger partial charge in [0.1, 0.15) is 5.75 Å². The quantitative estimate of drug-likeness (QED) is 0.686. The van der Waals surface area contributed by atoms with Crippen molar-refractivity contribution in [3.05, 3.63) is 29.3 Å². The van der Waals surface area contributed by atoms with Gasteiger partial charge in [-0.3, -0.25) is 4.79 Å². The van der Waals surface area contributed by atoms with Gasteiger partial charge in [0.05, 0.1) is 6.54 Å². The Bertz CT molecular complexity index is 472. The van der Waals surface area contributed by atoms with Crippen LogP contribution in [0.3, 0.4) is 0 Å². The van der Waals surface area contributed by atoms with Gasteiger partial charge in [0, 0.05) is 0 Å². The molecular weight excluding hydrogens is 250 g/mol. The smallest absolute Gasteiger partial charge is 0.334 e. The maximum absolute atomic E-state index is 11.4. The molecule has 104 valence electrons. The number of carboxylic acid groups (broad SMARTS) is 1. The molecule has 0 fully saturated rings. The summed E-state index contributed by atoms with van der Waals surface area (Å²) in [4.78, 5) is 21.7. The Kier molecular flexibility index (Phi) is 5.32. The van der Waals surface area contributed by atoms with Crippen LogP contribution < -0.4 is 10.1 Å². The lowest BCUT2D eigenvalue weighted by atomic mass is 10.1. The van der Waals surface area contributed by atoms with Gasteiger partial charge in [-0.2, -0.15) is 0 Å². The van der Waals surface area contributed by atoms with Gasteiger partial charge in [-0.25, -0.2) is 4.79 Å². The zero-order chi connectivity index (χ0) is 14.4. The van der Waals surface area contributed by atoms with Crippen LogP contribution in [0.1, 0.15) is 11.1 Å². The zero-order valence-corrected chi connectivity index (χ0v) is 10.8. The van der Waals surface area contributed by atoms with Crippen molar-refractivity contribution >= 4 is 11.9 Å². The first-order valence-electron chi connectivity index (χ1n) is 5.77. The van der Waals surface area contributed by atoms with Gasteiger partial charge < -0.3 is 20.3 Å². The zero-order valence-electron chi connectivity index (χ0n) is 10.8. The van der Waals surface area contributed by atoms with Crippen molar-refractivity contribution in [3.8, 4) is 5.75 Å². The van der Waals surface area contributed by atoms with Crippen molar-refractivity contribution in [2.24, 2.45) is 0 Å². The molecule has 0 aliphatic rings. The molecule has 0 heterocycles. The molecule has 1 rings (SSSR count). The molecule has 3 N–H and O–H groups in total. The van der Waals surface area contributed by atoms with E-state index < -0.39 is 18.0 Å². The van der Waals surface area contributed by atoms with E-state index in [1.54, 1.807) is 6.07 Å². The molecule has 0 bridgehead atoms. The number of hydrogen-bond donors (Lipinski definition) is 3. The van der Waals surface area contributed by atoms with E-state index in [2.05, 4.69) is 5.32 Å². The Labute approximate surface area is 111 Å². The monoisotopic (exact) mass is 267 g/mol. The number of amides is 1. The molecular formula is C13H17NO5. The minimum Gasteiger partial charge on any atom is -0.484 e. The Hall–Kier alpha value is -2.08. The van der Waals surface area contributed by atoms with Crippen molar-refractivity contribution in [2.45, 2.75) is 20.0 Å². The van der Waals surface area contributed by atoms with Crippen LogP contribution in [-0.2, 0) is 9.59 Å². The minimum atomic E-state index is -1.61. The highest BCUT2D eigenvalue weighted by Crippen LogP contribution is 2.18. The van der Waals surface area contributed by atoms with Crippen LogP contribution >= 0.6 is 0 Å². The summed E-state index contributed by atoms with van der Waals surface area (Å²) in [6.45, 7) is 3.26. The van der Waals surface area contributed by atoms with Gasteiger partial charge in [0.25, 0.3) is 5.91 Å². The summed E-state index contributed by atoms with van der Waals surface area (Å²) in [5.41, 5.74) is 2.01. The Morgan fingerprint density at radius 2 is 2.05 bits per heavy atom. The van der Waals surface area contributed by atoms with E-state index in [-0.39, 0.29) is 13.2 Å². The molecule has 1 aromatic carbocycles. The number of hydrogen-bond acceptors (Lipinski definition) is 4. The van der Waals surface area contributed by atoms with Gasteiger partial charge >= 0.3 is 5.97 Å². The predicted molar refractivity (Wildman–Crippen MR) is 68.1 cm³/mol. The number of aliphatic hydroxyl groups excluding tert-OH is 1. The molecule has 19 heavy (non-hydrogen) atoms. The number of nitrogens with one attached hydrogen (secondary N) is 1. The summed E-state index contributed by atoms with van der Waals surface area (Å²) in [7, 11) is 0. The van der Waals surface area contributed by atoms with Crippen LogP contribution in [0, 0.1) is 13.8 Å². The van der Waals surface area contributed by atoms with E-state index in [1.807, 2.05) is 26.0 Å². The molecule has 1 atom stereocenters. The summed E-state index contributed by atoms with van der Waals surface area (Å²) < 4.78 is 5.31. The molecule has 1 amide bonds. The largest absolute Gasteiger partial charge is 0.484 e. The molecule has 1 aromatic rings. The van der Waals surface area contributed by atoms with Gasteiger partial charge in [-0.05, 0) is 25.5 Å². The van der Waals surface area contributed by atoms with E-state index in [4.69, 9.17) is 14.9 Å². The highest BCUT2D eigenvalue weighted by atomic mass is 16.5. The molecule has 0 aromatic heterocycles. The number of rotatable bonds is 6. The SMILES string of the molecule is Cc1ccc(OCC(=O)NC[C@H](O)C(=O)O)c(C)c1. The summed E-state index contributed by atoms with van der Waals surface area (Å²) in [5.74, 6) is -1.27. The number of aliphatic hydroxyl groups is 1. The molecule has 0 aliphatic carbocycles. The van der Waals surface area contributed by atoms with E-state index in [1.165, 1.54) is 0 Å². The normalized spacial score (nSPS) is 11.7. The Morgan fingerprint density at radius 3 is 2.63 bits per heavy atom. The van der Waals surface area contributed by atoms with Crippen LogP contribution in [0.4, 0.5) is 0 Å². The van der Waals surface area contributed by atoms with Crippen LogP contribution in [0.2, 0.25) is 0 Å². The Balaban J connectivity index is 2.40. The molecule has 0 radical (unpaired) electrons. The lowest BCUT2D eigenvalue weighted by molar-refractivity contribution is -0.146. The average Bonchev–Trinajstić information content (AvgIpc) is 2.34. The topological polar surface area (TPSA) is 95.9 Å². The third kappa shape index (κ3) is 4.97. The summed E-state index contributed by atoms with van der Waals surface area (Å²) in [5, 5.41) is 19.7. The maximum Gasteiger partial charge on any atom is 0.334 e. The second-order valence-corrected chi connectivity index (χ2v) is 4.22. The summed E-state index contributed by atoms with van der Waals surface area (Å²) in [6, 6.07) is 5.57. The maximum atomic E-state index is 11.4. The number of aryl methyl sites for hydroxylation is 2. The van der Waals surface area contributed by atoms with E-state index >= 15 is 0 Å². The van der Waals surface area contributed by atoms with Crippen molar-refractivity contribution in [3.63, 3.8) is 0 Å². The standard InChI is InChI=1S/C13H17NO5/c1-8-3-4-11(9(2)5-8)19-7-12(16)14-6-10(15)13(17)18/h3-5,10,15H,6-7H2,1-2H3,(H,14,16)(H,17,18)/t10-/m0/s1. The fraction of sp³-hybridized carbons (Fsp3) is 0.385. The van der Waals surface area contributed by atoms with Crippen molar-refractivity contribution in [2.75, 3.05) is 13.2 Å². The first-order valence-corrected chi connectivity index (χ1v) is 5.77. The fourth-order valence-electron chi connectivity index (χ4n) is 1.45. The van der Waals surface area contributed by atoms with Crippen LogP contribution in [-0.4, -0.2) is 41.3 Å². The molecule has 0 saturated heterocycles. The van der Waals surface area contributed by atoms with Gasteiger partial charge in [-0.1, -0.05) is 17.7 Å². The summed E-state index contributed by atoms with van der Waals surface area (Å²) >= 11 is 0. The van der Waals surface area contributed by atoms with E-state index in [0.717, 1.165) is 11.1 Å². The van der Waals surface area contributed by atoms with Crippen molar-refractivity contribution < 1.29 is 24.5 Å². The van der Waals surface area contributed by atoms with Gasteiger partial charge in [-0.15, -0.1) is 0 Å². The Morgan fingerprint density at radius 1 is 1.37 bits per heavy atom. The molecule has 0 spiro atoms. The van der Waals surface area contributed by atoms with Crippen LogP contribution in [0.15, 0.2) is 18.2 Å². The third-order valence-corrected chi connectivity index (χ3v) is 2.47.